The summed E-state index contributed by atoms with van der Waals surface area (Å²) < 4.78 is 15.5. The maximum absolute atomic E-state index is 13.9. The standard InChI is InChI=1S/C13H15ClFN5O/c1-19-12(17-8-18-19)13(21)2-4-20(5-3-13)11-10(15)6-9(14)7-16-11/h6-8,21H,2-5H2,1H3. The Kier molecular flexibility index (Phi) is 3.54. The molecule has 3 rings (SSSR count). The minimum Gasteiger partial charge on any atom is -0.382 e. The number of halogens is 2. The van der Waals surface area contributed by atoms with E-state index in [1.165, 1.54) is 18.6 Å². The van der Waals surface area contributed by atoms with E-state index in [0.717, 1.165) is 0 Å². The van der Waals surface area contributed by atoms with E-state index in [0.29, 0.717) is 31.8 Å². The summed E-state index contributed by atoms with van der Waals surface area (Å²) in [6.07, 6.45) is 3.70. The van der Waals surface area contributed by atoms with E-state index in [2.05, 4.69) is 15.1 Å². The molecule has 1 saturated heterocycles. The van der Waals surface area contributed by atoms with E-state index in [1.807, 2.05) is 0 Å². The lowest BCUT2D eigenvalue weighted by atomic mass is 9.90. The predicted molar refractivity (Wildman–Crippen MR) is 75.6 cm³/mol. The van der Waals surface area contributed by atoms with Gasteiger partial charge < -0.3 is 10.0 Å². The molecule has 2 aromatic rings. The summed E-state index contributed by atoms with van der Waals surface area (Å²) in [6, 6.07) is 1.24. The largest absolute Gasteiger partial charge is 0.382 e. The molecule has 6 nitrogen and oxygen atoms in total. The fourth-order valence-electron chi connectivity index (χ4n) is 2.67. The van der Waals surface area contributed by atoms with Gasteiger partial charge in [-0.05, 0) is 6.07 Å². The number of aryl methyl sites for hydroxylation is 1. The molecule has 0 bridgehead atoms. The normalized spacial score (nSPS) is 18.0. The van der Waals surface area contributed by atoms with E-state index in [1.54, 1.807) is 16.6 Å². The van der Waals surface area contributed by atoms with Crippen molar-refractivity contribution in [2.45, 2.75) is 18.4 Å². The van der Waals surface area contributed by atoms with Crippen molar-refractivity contribution in [3.05, 3.63) is 35.3 Å². The highest BCUT2D eigenvalue weighted by molar-refractivity contribution is 6.30. The van der Waals surface area contributed by atoms with Crippen LogP contribution >= 0.6 is 11.6 Å². The number of aromatic nitrogens is 4. The van der Waals surface area contributed by atoms with Crippen molar-refractivity contribution >= 4 is 17.4 Å². The minimum absolute atomic E-state index is 0.263. The third-order valence-electron chi connectivity index (χ3n) is 3.81. The molecule has 0 amide bonds. The third kappa shape index (κ3) is 2.58. The topological polar surface area (TPSA) is 67.1 Å². The fraction of sp³-hybridized carbons (Fsp3) is 0.462. The molecule has 1 aliphatic heterocycles. The van der Waals surface area contributed by atoms with Crippen molar-refractivity contribution in [1.82, 2.24) is 19.7 Å². The molecule has 0 saturated carbocycles. The Labute approximate surface area is 126 Å². The first-order chi connectivity index (χ1) is 9.99. The van der Waals surface area contributed by atoms with Gasteiger partial charge in [0.25, 0.3) is 0 Å². The first kappa shape index (κ1) is 14.2. The van der Waals surface area contributed by atoms with Gasteiger partial charge in [0.1, 0.15) is 11.9 Å². The lowest BCUT2D eigenvalue weighted by Gasteiger charge is -2.37. The van der Waals surface area contributed by atoms with E-state index < -0.39 is 11.4 Å². The molecule has 112 valence electrons. The summed E-state index contributed by atoms with van der Waals surface area (Å²) in [5, 5.41) is 15.0. The summed E-state index contributed by atoms with van der Waals surface area (Å²) in [6.45, 7) is 0.962. The van der Waals surface area contributed by atoms with E-state index in [-0.39, 0.29) is 10.8 Å². The van der Waals surface area contributed by atoms with Crippen LogP contribution in [0.5, 0.6) is 0 Å². The van der Waals surface area contributed by atoms with Crippen LogP contribution in [0.1, 0.15) is 18.7 Å². The van der Waals surface area contributed by atoms with Gasteiger partial charge in [-0.3, -0.25) is 4.68 Å². The molecule has 2 aromatic heterocycles. The maximum Gasteiger partial charge on any atom is 0.167 e. The van der Waals surface area contributed by atoms with Gasteiger partial charge in [-0.1, -0.05) is 11.6 Å². The Balaban J connectivity index is 1.77. The summed E-state index contributed by atoms with van der Waals surface area (Å²) in [5.74, 6) is 0.345. The lowest BCUT2D eigenvalue weighted by molar-refractivity contribution is -0.000285. The SMILES string of the molecule is Cn1ncnc1C1(O)CCN(c2ncc(Cl)cc2F)CC1. The molecule has 21 heavy (non-hydrogen) atoms. The molecule has 0 aromatic carbocycles. The summed E-state index contributed by atoms with van der Waals surface area (Å²) in [4.78, 5) is 9.95. The zero-order valence-electron chi connectivity index (χ0n) is 11.5. The molecule has 1 N–H and O–H groups in total. The van der Waals surface area contributed by atoms with Crippen LogP contribution in [-0.2, 0) is 12.6 Å². The van der Waals surface area contributed by atoms with Crippen molar-refractivity contribution in [2.75, 3.05) is 18.0 Å². The first-order valence-corrected chi connectivity index (χ1v) is 7.00. The first-order valence-electron chi connectivity index (χ1n) is 6.62. The number of pyridine rings is 1. The number of nitrogens with zero attached hydrogens (tertiary/aromatic N) is 5. The van der Waals surface area contributed by atoms with E-state index >= 15 is 0 Å². The number of hydrogen-bond acceptors (Lipinski definition) is 5. The van der Waals surface area contributed by atoms with Crippen LogP contribution in [0.4, 0.5) is 10.2 Å². The van der Waals surface area contributed by atoms with Gasteiger partial charge >= 0.3 is 0 Å². The molecule has 3 heterocycles. The second-order valence-corrected chi connectivity index (χ2v) is 5.62. The average molecular weight is 312 g/mol. The summed E-state index contributed by atoms with van der Waals surface area (Å²) in [5.41, 5.74) is -1.04. The van der Waals surface area contributed by atoms with Crippen LogP contribution in [0.3, 0.4) is 0 Å². The van der Waals surface area contributed by atoms with Gasteiger partial charge in [-0.2, -0.15) is 5.10 Å². The number of aliphatic hydroxyl groups is 1. The third-order valence-corrected chi connectivity index (χ3v) is 4.01. The average Bonchev–Trinajstić information content (AvgIpc) is 2.87. The summed E-state index contributed by atoms with van der Waals surface area (Å²) >= 11 is 5.71. The van der Waals surface area contributed by atoms with E-state index in [9.17, 15) is 9.50 Å². The second kappa shape index (κ2) is 5.23. The highest BCUT2D eigenvalue weighted by atomic mass is 35.5. The highest BCUT2D eigenvalue weighted by Crippen LogP contribution is 2.33. The maximum atomic E-state index is 13.9. The van der Waals surface area contributed by atoms with Gasteiger partial charge in [-0.25, -0.2) is 14.4 Å². The molecule has 1 fully saturated rings. The van der Waals surface area contributed by atoms with Crippen LogP contribution in [0.2, 0.25) is 5.02 Å². The van der Waals surface area contributed by atoms with Gasteiger partial charge in [0.2, 0.25) is 0 Å². The molecule has 8 heteroatoms. The van der Waals surface area contributed by atoms with Crippen LogP contribution in [0.15, 0.2) is 18.6 Å². The quantitative estimate of drug-likeness (QED) is 0.910. The number of piperidine rings is 1. The molecule has 0 aliphatic carbocycles. The van der Waals surface area contributed by atoms with Crippen molar-refractivity contribution in [3.63, 3.8) is 0 Å². The molecule has 0 radical (unpaired) electrons. The molecule has 0 atom stereocenters. The molecule has 0 spiro atoms. The lowest BCUT2D eigenvalue weighted by Crippen LogP contribution is -2.44. The Morgan fingerprint density at radius 3 is 2.62 bits per heavy atom. The molecule has 0 unspecified atom stereocenters. The van der Waals surface area contributed by atoms with Gasteiger partial charge in [0, 0.05) is 39.2 Å². The van der Waals surface area contributed by atoms with Crippen LogP contribution < -0.4 is 4.90 Å². The number of hydrogen-bond donors (Lipinski definition) is 1. The van der Waals surface area contributed by atoms with Crippen LogP contribution in [-0.4, -0.2) is 37.9 Å². The van der Waals surface area contributed by atoms with Crippen molar-refractivity contribution in [2.24, 2.45) is 7.05 Å². The second-order valence-electron chi connectivity index (χ2n) is 5.18. The Morgan fingerprint density at radius 2 is 2.05 bits per heavy atom. The molecule has 1 aliphatic rings. The van der Waals surface area contributed by atoms with Gasteiger partial charge in [0.05, 0.1) is 5.02 Å². The zero-order chi connectivity index (χ0) is 15.0. The smallest absolute Gasteiger partial charge is 0.167 e. The molecular weight excluding hydrogens is 297 g/mol. The fourth-order valence-corrected chi connectivity index (χ4v) is 2.81. The van der Waals surface area contributed by atoms with E-state index in [4.69, 9.17) is 11.6 Å². The van der Waals surface area contributed by atoms with Crippen LogP contribution in [0, 0.1) is 5.82 Å². The monoisotopic (exact) mass is 311 g/mol. The van der Waals surface area contributed by atoms with Crippen molar-refractivity contribution in [3.8, 4) is 0 Å². The van der Waals surface area contributed by atoms with Crippen molar-refractivity contribution < 1.29 is 9.50 Å². The van der Waals surface area contributed by atoms with Gasteiger partial charge in [-0.15, -0.1) is 0 Å². The number of anilines is 1. The summed E-state index contributed by atoms with van der Waals surface area (Å²) in [7, 11) is 1.74. The Hall–Kier alpha value is -1.73. The van der Waals surface area contributed by atoms with Crippen LogP contribution in [0.25, 0.3) is 0 Å². The van der Waals surface area contributed by atoms with Gasteiger partial charge in [0.15, 0.2) is 17.5 Å². The number of rotatable bonds is 2. The minimum atomic E-state index is -1.04. The molecular formula is C13H15ClFN5O. The highest BCUT2D eigenvalue weighted by Gasteiger charge is 2.38. The Morgan fingerprint density at radius 1 is 1.33 bits per heavy atom. The Bertz CT molecular complexity index is 654. The zero-order valence-corrected chi connectivity index (χ0v) is 12.3. The predicted octanol–water partition coefficient (Wildman–Crippen LogP) is 1.49. The van der Waals surface area contributed by atoms with Crippen molar-refractivity contribution in [1.29, 1.82) is 0 Å².